The van der Waals surface area contributed by atoms with Gasteiger partial charge in [-0.3, -0.25) is 0 Å². The van der Waals surface area contributed by atoms with E-state index in [4.69, 9.17) is 5.11 Å². The van der Waals surface area contributed by atoms with E-state index in [1.54, 1.807) is 0 Å². The van der Waals surface area contributed by atoms with Gasteiger partial charge in [-0.25, -0.2) is 0 Å². The molecule has 1 aromatic rings. The number of phenolic OH excluding ortho intramolecular Hbond substituents is 1. The van der Waals surface area contributed by atoms with E-state index in [9.17, 15) is 13.2 Å². The summed E-state index contributed by atoms with van der Waals surface area (Å²) in [6, 6.07) is 3.66. The number of nitrogens with one attached hydrogen (secondary N) is 1. The Hall–Kier alpha value is -1.72. The summed E-state index contributed by atoms with van der Waals surface area (Å²) < 4.78 is 35.5. The van der Waals surface area contributed by atoms with Gasteiger partial charge < -0.3 is 10.5 Å². The van der Waals surface area contributed by atoms with Crippen LogP contribution in [0, 0.1) is 0 Å². The zero-order valence-corrected chi connectivity index (χ0v) is 9.25. The summed E-state index contributed by atoms with van der Waals surface area (Å²) in [5.41, 5.74) is 3.32. The molecule has 0 spiro atoms. The second-order valence-electron chi connectivity index (χ2n) is 3.55. The summed E-state index contributed by atoms with van der Waals surface area (Å²) in [6.07, 6.45) is -3.20. The van der Waals surface area contributed by atoms with Crippen LogP contribution in [0.4, 0.5) is 13.2 Å². The quantitative estimate of drug-likeness (QED) is 0.739. The molecule has 0 saturated carbocycles. The van der Waals surface area contributed by atoms with Crippen molar-refractivity contribution < 1.29 is 18.3 Å². The lowest BCUT2D eigenvalue weighted by molar-refractivity contribution is -0.137. The van der Waals surface area contributed by atoms with Crippen molar-refractivity contribution in [3.05, 3.63) is 29.8 Å². The van der Waals surface area contributed by atoms with E-state index in [0.29, 0.717) is 0 Å². The Balaban J connectivity index is 0.000000202. The molecule has 2 rings (SSSR count). The van der Waals surface area contributed by atoms with Gasteiger partial charge in [0.25, 0.3) is 0 Å². The van der Waals surface area contributed by atoms with Crippen molar-refractivity contribution in [2.24, 2.45) is 5.10 Å². The van der Waals surface area contributed by atoms with E-state index in [1.807, 2.05) is 6.92 Å². The molecule has 2 N–H and O–H groups in total. The third-order valence-corrected chi connectivity index (χ3v) is 2.06. The van der Waals surface area contributed by atoms with Gasteiger partial charge in [-0.05, 0) is 31.2 Å². The van der Waals surface area contributed by atoms with Gasteiger partial charge in [-0.2, -0.15) is 18.3 Å². The number of hydrogen-bond acceptors (Lipinski definition) is 3. The van der Waals surface area contributed by atoms with Gasteiger partial charge in [0.15, 0.2) is 0 Å². The summed E-state index contributed by atoms with van der Waals surface area (Å²) in [5.74, 6) is -0.169. The average molecular weight is 246 g/mol. The number of hydrogen-bond donors (Lipinski definition) is 2. The highest BCUT2D eigenvalue weighted by molar-refractivity contribution is 5.82. The standard InChI is InChI=1S/C7H5F3O.C4H8N2/c8-7(9,10)5-1-3-6(11)4-2-5;1-4-2-3-5-6-4/h1-4,11H;5H,2-3H2,1H3. The molecule has 17 heavy (non-hydrogen) atoms. The van der Waals surface area contributed by atoms with Crippen LogP contribution in [0.1, 0.15) is 18.9 Å². The van der Waals surface area contributed by atoms with Gasteiger partial charge in [0.05, 0.1) is 5.56 Å². The highest BCUT2D eigenvalue weighted by atomic mass is 19.4. The highest BCUT2D eigenvalue weighted by Gasteiger charge is 2.29. The maximum Gasteiger partial charge on any atom is 0.416 e. The summed E-state index contributed by atoms with van der Waals surface area (Å²) in [7, 11) is 0. The number of halogens is 3. The molecular formula is C11H13F3N2O. The number of benzene rings is 1. The van der Waals surface area contributed by atoms with Crippen LogP contribution in [0.2, 0.25) is 0 Å². The van der Waals surface area contributed by atoms with Gasteiger partial charge in [0.1, 0.15) is 5.75 Å². The van der Waals surface area contributed by atoms with Crippen LogP contribution in [0.5, 0.6) is 5.75 Å². The van der Waals surface area contributed by atoms with E-state index in [1.165, 1.54) is 5.71 Å². The molecule has 0 bridgehead atoms. The number of alkyl halides is 3. The Labute approximate surface area is 97.0 Å². The molecule has 1 aliphatic rings. The van der Waals surface area contributed by atoms with E-state index < -0.39 is 11.7 Å². The minimum absolute atomic E-state index is 0.169. The molecule has 1 heterocycles. The molecule has 0 fully saturated rings. The summed E-state index contributed by atoms with van der Waals surface area (Å²) >= 11 is 0. The molecule has 3 nitrogen and oxygen atoms in total. The normalized spacial score (nSPS) is 14.5. The smallest absolute Gasteiger partial charge is 0.416 e. The van der Waals surface area contributed by atoms with Crippen molar-refractivity contribution >= 4 is 5.71 Å². The fraction of sp³-hybridized carbons (Fsp3) is 0.364. The van der Waals surface area contributed by atoms with Crippen molar-refractivity contribution in [2.75, 3.05) is 6.54 Å². The summed E-state index contributed by atoms with van der Waals surface area (Å²) in [6.45, 7) is 3.06. The first-order valence-corrected chi connectivity index (χ1v) is 5.02. The van der Waals surface area contributed by atoms with Gasteiger partial charge >= 0.3 is 6.18 Å². The Kier molecular flexibility index (Phi) is 4.37. The average Bonchev–Trinajstić information content (AvgIpc) is 2.69. The highest BCUT2D eigenvalue weighted by Crippen LogP contribution is 2.29. The predicted octanol–water partition coefficient (Wildman–Crippen LogP) is 2.77. The van der Waals surface area contributed by atoms with Crippen LogP contribution in [-0.2, 0) is 6.18 Å². The molecule has 1 aromatic carbocycles. The van der Waals surface area contributed by atoms with Crippen LogP contribution in [0.15, 0.2) is 29.4 Å². The molecule has 1 aliphatic heterocycles. The first-order chi connectivity index (χ1) is 7.89. The molecule has 0 atom stereocenters. The number of aromatic hydroxyl groups is 1. The number of rotatable bonds is 0. The molecule has 0 aromatic heterocycles. The molecule has 0 saturated heterocycles. The Morgan fingerprint density at radius 1 is 1.24 bits per heavy atom. The van der Waals surface area contributed by atoms with Crippen LogP contribution in [0.25, 0.3) is 0 Å². The lowest BCUT2D eigenvalue weighted by atomic mass is 10.2. The maximum absolute atomic E-state index is 11.8. The number of nitrogens with zero attached hydrogens (tertiary/aromatic N) is 1. The topological polar surface area (TPSA) is 44.6 Å². The molecule has 0 radical (unpaired) electrons. The number of hydrazone groups is 1. The lowest BCUT2D eigenvalue weighted by Gasteiger charge is -2.04. The molecule has 0 amide bonds. The molecule has 0 unspecified atom stereocenters. The Bertz CT molecular complexity index is 385. The largest absolute Gasteiger partial charge is 0.508 e. The van der Waals surface area contributed by atoms with Gasteiger partial charge in [-0.15, -0.1) is 0 Å². The van der Waals surface area contributed by atoms with Crippen LogP contribution >= 0.6 is 0 Å². The molecule has 6 heteroatoms. The second-order valence-corrected chi connectivity index (χ2v) is 3.55. The first kappa shape index (κ1) is 13.3. The van der Waals surface area contributed by atoms with Crippen molar-refractivity contribution in [3.8, 4) is 5.75 Å². The zero-order chi connectivity index (χ0) is 12.9. The van der Waals surface area contributed by atoms with Crippen molar-refractivity contribution in [2.45, 2.75) is 19.5 Å². The van der Waals surface area contributed by atoms with Crippen LogP contribution < -0.4 is 5.43 Å². The first-order valence-electron chi connectivity index (χ1n) is 5.02. The van der Waals surface area contributed by atoms with Crippen molar-refractivity contribution in [1.29, 1.82) is 0 Å². The van der Waals surface area contributed by atoms with E-state index in [2.05, 4.69) is 10.5 Å². The van der Waals surface area contributed by atoms with E-state index in [-0.39, 0.29) is 5.75 Å². The molecular weight excluding hydrogens is 233 g/mol. The maximum atomic E-state index is 11.8. The molecule has 0 aliphatic carbocycles. The number of phenols is 1. The third kappa shape index (κ3) is 4.76. The minimum Gasteiger partial charge on any atom is -0.508 e. The minimum atomic E-state index is -4.33. The van der Waals surface area contributed by atoms with Gasteiger partial charge in [-0.1, -0.05) is 0 Å². The lowest BCUT2D eigenvalue weighted by Crippen LogP contribution is -2.03. The predicted molar refractivity (Wildman–Crippen MR) is 58.8 cm³/mol. The molecule has 94 valence electrons. The monoisotopic (exact) mass is 246 g/mol. The van der Waals surface area contributed by atoms with Crippen molar-refractivity contribution in [1.82, 2.24) is 5.43 Å². The van der Waals surface area contributed by atoms with Crippen molar-refractivity contribution in [3.63, 3.8) is 0 Å². The summed E-state index contributed by atoms with van der Waals surface area (Å²) in [5, 5.41) is 12.6. The Morgan fingerprint density at radius 2 is 1.82 bits per heavy atom. The van der Waals surface area contributed by atoms with E-state index in [0.717, 1.165) is 37.2 Å². The third-order valence-electron chi connectivity index (χ3n) is 2.06. The zero-order valence-electron chi connectivity index (χ0n) is 9.25. The fourth-order valence-electron chi connectivity index (χ4n) is 1.13. The van der Waals surface area contributed by atoms with E-state index >= 15 is 0 Å². The van der Waals surface area contributed by atoms with Crippen LogP contribution in [0.3, 0.4) is 0 Å². The second kappa shape index (κ2) is 5.56. The Morgan fingerprint density at radius 3 is 2.12 bits per heavy atom. The fourth-order valence-corrected chi connectivity index (χ4v) is 1.13. The summed E-state index contributed by atoms with van der Waals surface area (Å²) in [4.78, 5) is 0. The SMILES string of the molecule is CC1=NNCC1.Oc1ccc(C(F)(F)F)cc1. The van der Waals surface area contributed by atoms with Gasteiger partial charge in [0.2, 0.25) is 0 Å². The van der Waals surface area contributed by atoms with Crippen LogP contribution in [-0.4, -0.2) is 17.4 Å². The van der Waals surface area contributed by atoms with Gasteiger partial charge in [0, 0.05) is 18.7 Å².